The Kier molecular flexibility index (Phi) is 3.08. The summed E-state index contributed by atoms with van der Waals surface area (Å²) in [6, 6.07) is 8.08. The van der Waals surface area contributed by atoms with Crippen molar-refractivity contribution in [2.75, 3.05) is 0 Å². The van der Waals surface area contributed by atoms with Crippen molar-refractivity contribution < 1.29 is 9.08 Å². The molecule has 0 amide bonds. The Balaban J connectivity index is 2.78. The molecule has 1 aromatic carbocycles. The summed E-state index contributed by atoms with van der Waals surface area (Å²) >= 11 is 4.87. The summed E-state index contributed by atoms with van der Waals surface area (Å²) in [6.07, 6.45) is 0. The summed E-state index contributed by atoms with van der Waals surface area (Å²) in [5.74, 6) is -0.650. The van der Waals surface area contributed by atoms with Crippen molar-refractivity contribution in [1.82, 2.24) is 0 Å². The molecule has 64 valence electrons. The highest BCUT2D eigenvalue weighted by atomic mass is 35.5. The molecule has 0 unspecified atom stereocenters. The number of hydrogen-bond acceptors (Lipinski definition) is 3. The van der Waals surface area contributed by atoms with E-state index in [1.165, 1.54) is 0 Å². The highest BCUT2D eigenvalue weighted by Gasteiger charge is 2.16. The van der Waals surface area contributed by atoms with E-state index < -0.39 is 12.0 Å². The van der Waals surface area contributed by atoms with Gasteiger partial charge in [-0.25, -0.2) is 4.79 Å². The minimum Gasteiger partial charge on any atom is -0.346 e. The van der Waals surface area contributed by atoms with Gasteiger partial charge in [0.25, 0.3) is 0 Å². The fourth-order valence-electron chi connectivity index (χ4n) is 0.844. The molecule has 0 radical (unpaired) electrons. The Hall–Kier alpha value is -1.06. The maximum Gasteiger partial charge on any atom is 0.345 e. The molecule has 0 aromatic heterocycles. The van der Waals surface area contributed by atoms with Crippen molar-refractivity contribution in [3.05, 3.63) is 35.9 Å². The van der Waals surface area contributed by atoms with Crippen LogP contribution in [0.15, 0.2) is 30.3 Å². The summed E-state index contributed by atoms with van der Waals surface area (Å²) in [5.41, 5.74) is 6.17. The molecule has 0 aliphatic heterocycles. The molecule has 12 heavy (non-hydrogen) atoms. The van der Waals surface area contributed by atoms with Gasteiger partial charge in [-0.2, -0.15) is 0 Å². The van der Waals surface area contributed by atoms with E-state index in [0.717, 1.165) is 0 Å². The summed E-state index contributed by atoms with van der Waals surface area (Å²) in [7, 11) is 0. The lowest BCUT2D eigenvalue weighted by Gasteiger charge is -2.06. The summed E-state index contributed by atoms with van der Waals surface area (Å²) in [5, 5.41) is 0. The molecule has 4 heteroatoms. The summed E-state index contributed by atoms with van der Waals surface area (Å²) in [4.78, 5) is 10.8. The molecule has 0 bridgehead atoms. The Bertz CT molecular complexity index is 263. The van der Waals surface area contributed by atoms with Gasteiger partial charge in [0.2, 0.25) is 0 Å². The van der Waals surface area contributed by atoms with E-state index in [1.807, 2.05) is 6.07 Å². The van der Waals surface area contributed by atoms with Gasteiger partial charge in [-0.1, -0.05) is 30.3 Å². The summed E-state index contributed by atoms with van der Waals surface area (Å²) < 4.78 is 3.97. The van der Waals surface area contributed by atoms with Crippen LogP contribution in [0.5, 0.6) is 0 Å². The van der Waals surface area contributed by atoms with Gasteiger partial charge in [0.05, 0.1) is 0 Å². The normalized spacial score (nSPS) is 12.2. The lowest BCUT2D eigenvalue weighted by molar-refractivity contribution is -0.135. The summed E-state index contributed by atoms with van der Waals surface area (Å²) in [6.45, 7) is 0. The van der Waals surface area contributed by atoms with Crippen LogP contribution in [0, 0.1) is 0 Å². The van der Waals surface area contributed by atoms with Gasteiger partial charge in [0, 0.05) is 0 Å². The molecule has 0 heterocycles. The van der Waals surface area contributed by atoms with Gasteiger partial charge >= 0.3 is 5.97 Å². The van der Waals surface area contributed by atoms with E-state index in [4.69, 9.17) is 17.6 Å². The first-order valence-corrected chi connectivity index (χ1v) is 3.69. The lowest BCUT2D eigenvalue weighted by atomic mass is 10.1. The van der Waals surface area contributed by atoms with E-state index >= 15 is 0 Å². The average molecular weight is 186 g/mol. The zero-order valence-electron chi connectivity index (χ0n) is 6.24. The first kappa shape index (κ1) is 9.03. The second-order valence-corrected chi connectivity index (χ2v) is 2.44. The highest BCUT2D eigenvalue weighted by molar-refractivity contribution is 6.13. The van der Waals surface area contributed by atoms with E-state index in [9.17, 15) is 4.79 Å². The zero-order chi connectivity index (χ0) is 8.97. The molecule has 0 spiro atoms. The average Bonchev–Trinajstić information content (AvgIpc) is 2.17. The predicted molar refractivity (Wildman–Crippen MR) is 45.3 cm³/mol. The van der Waals surface area contributed by atoms with Crippen molar-refractivity contribution in [3.63, 3.8) is 0 Å². The van der Waals surface area contributed by atoms with E-state index in [-0.39, 0.29) is 0 Å². The monoisotopic (exact) mass is 185 g/mol. The topological polar surface area (TPSA) is 52.3 Å². The fraction of sp³-hybridized carbons (Fsp3) is 0.125. The van der Waals surface area contributed by atoms with Gasteiger partial charge in [-0.05, 0) is 5.56 Å². The number of hydrogen-bond donors (Lipinski definition) is 1. The maximum atomic E-state index is 10.8. The number of halogens is 1. The van der Waals surface area contributed by atoms with Gasteiger partial charge in [-0.3, -0.25) is 0 Å². The third-order valence-corrected chi connectivity index (χ3v) is 1.64. The molecule has 0 aliphatic rings. The van der Waals surface area contributed by atoms with Crippen molar-refractivity contribution in [2.45, 2.75) is 6.04 Å². The molecule has 0 fully saturated rings. The third kappa shape index (κ3) is 1.96. The van der Waals surface area contributed by atoms with Crippen LogP contribution >= 0.6 is 11.9 Å². The fourth-order valence-corrected chi connectivity index (χ4v) is 0.940. The molecule has 0 aliphatic carbocycles. The second kappa shape index (κ2) is 4.09. The largest absolute Gasteiger partial charge is 0.346 e. The van der Waals surface area contributed by atoms with Gasteiger partial charge in [-0.15, -0.1) is 0 Å². The molecule has 1 aromatic rings. The van der Waals surface area contributed by atoms with Crippen molar-refractivity contribution in [2.24, 2.45) is 5.73 Å². The Morgan fingerprint density at radius 1 is 1.42 bits per heavy atom. The standard InChI is InChI=1S/C8H8ClNO2/c9-12-8(11)7(10)6-4-2-1-3-5-6/h1-5,7H,10H2/t7-/m1/s1. The predicted octanol–water partition coefficient (Wildman–Crippen LogP) is 1.38. The number of carbonyl (C=O) groups is 1. The van der Waals surface area contributed by atoms with Crippen molar-refractivity contribution in [1.29, 1.82) is 0 Å². The first-order chi connectivity index (χ1) is 5.75. The van der Waals surface area contributed by atoms with Crippen LogP contribution in [-0.4, -0.2) is 5.97 Å². The Morgan fingerprint density at radius 2 is 2.00 bits per heavy atom. The van der Waals surface area contributed by atoms with E-state index in [2.05, 4.69) is 4.29 Å². The van der Waals surface area contributed by atoms with E-state index in [1.54, 1.807) is 24.3 Å². The zero-order valence-corrected chi connectivity index (χ0v) is 6.99. The first-order valence-electron chi connectivity index (χ1n) is 3.38. The number of carbonyl (C=O) groups excluding carboxylic acids is 1. The molecular formula is C8H8ClNO2. The van der Waals surface area contributed by atoms with Crippen LogP contribution < -0.4 is 5.73 Å². The van der Waals surface area contributed by atoms with Crippen LogP contribution in [0.1, 0.15) is 11.6 Å². The van der Waals surface area contributed by atoms with Gasteiger partial charge in [0.15, 0.2) is 0 Å². The molecule has 2 N–H and O–H groups in total. The minimum absolute atomic E-state index is 0.650. The van der Waals surface area contributed by atoms with E-state index in [0.29, 0.717) is 5.56 Å². The molecule has 3 nitrogen and oxygen atoms in total. The molecular weight excluding hydrogens is 178 g/mol. The SMILES string of the molecule is N[C@@H](C(=O)OCl)c1ccccc1. The van der Waals surface area contributed by atoms with Crippen molar-refractivity contribution in [3.8, 4) is 0 Å². The minimum atomic E-state index is -0.802. The third-order valence-electron chi connectivity index (χ3n) is 1.49. The van der Waals surface area contributed by atoms with Crippen LogP contribution in [0.2, 0.25) is 0 Å². The smallest absolute Gasteiger partial charge is 0.345 e. The van der Waals surface area contributed by atoms with Crippen LogP contribution in [0.25, 0.3) is 0 Å². The molecule has 0 saturated carbocycles. The Labute approximate surface area is 75.3 Å². The van der Waals surface area contributed by atoms with Crippen molar-refractivity contribution >= 4 is 17.8 Å². The molecule has 1 rings (SSSR count). The Morgan fingerprint density at radius 3 is 2.50 bits per heavy atom. The lowest BCUT2D eigenvalue weighted by Crippen LogP contribution is -2.21. The van der Waals surface area contributed by atoms with Gasteiger partial charge < -0.3 is 10.0 Å². The highest BCUT2D eigenvalue weighted by Crippen LogP contribution is 2.11. The van der Waals surface area contributed by atoms with Gasteiger partial charge in [0.1, 0.15) is 17.9 Å². The molecule has 1 atom stereocenters. The number of rotatable bonds is 2. The number of nitrogens with two attached hydrogens (primary N) is 1. The molecule has 0 saturated heterocycles. The quantitative estimate of drug-likeness (QED) is 0.758. The number of benzene rings is 1. The second-order valence-electron chi connectivity index (χ2n) is 2.28. The maximum absolute atomic E-state index is 10.8. The van der Waals surface area contributed by atoms with Crippen LogP contribution in [0.3, 0.4) is 0 Å². The van der Waals surface area contributed by atoms with Crippen LogP contribution in [-0.2, 0) is 9.08 Å². The van der Waals surface area contributed by atoms with Crippen LogP contribution in [0.4, 0.5) is 0 Å².